The molecular formula is C52H69F9N8O7. The number of nitrogens with two attached hydrogens (primary N) is 2. The van der Waals surface area contributed by atoms with Crippen molar-refractivity contribution < 1.29 is 73.0 Å². The van der Waals surface area contributed by atoms with E-state index in [2.05, 4.69) is 29.8 Å². The standard InChI is InChI=1S/C27H34F6N4O4.C25H35F3N4O3/c1-15(2)25(7-3-19(13-25)37(23(39)27(31,32)33)18-5-9-41-10-6-18)22(38)36-8-4-20-16(14-36)11-17(26(28,29)30)12-21(20)35-24(34)40;1-15(2)24(7-3-19(13-24)30-18-5-9-35-10-6-18)22(33)32-8-4-20-16(14-32)11-17(25(26,27)28)12-21(20)31-23(29)34/h11-12,15,18-19H,3-10,13-14H2,1-2H3,(H3,34,35,40);11-12,15,18-19,30H,3-10,13-14H2,1-2H3,(H3,29,31,34)/t19-,25+;19-,24+/m11/s1. The largest absolute Gasteiger partial charge is 0.471 e. The highest BCUT2D eigenvalue weighted by atomic mass is 19.4. The number of anilines is 2. The van der Waals surface area contributed by atoms with Gasteiger partial charge in [0, 0.05) is 88.1 Å². The molecule has 15 nitrogen and oxygen atoms in total. The minimum atomic E-state index is -5.07. The zero-order chi connectivity index (χ0) is 55.7. The second-order valence-corrected chi connectivity index (χ2v) is 21.8. The Hall–Kier alpha value is -5.36. The van der Waals surface area contributed by atoms with Crippen LogP contribution in [0.2, 0.25) is 0 Å². The summed E-state index contributed by atoms with van der Waals surface area (Å²) < 4.78 is 133. The molecular weight excluding hydrogens is 1020 g/mol. The first-order chi connectivity index (χ1) is 35.5. The summed E-state index contributed by atoms with van der Waals surface area (Å²) >= 11 is 0. The average Bonchev–Trinajstić information content (AvgIpc) is 4.00. The van der Waals surface area contributed by atoms with Crippen LogP contribution < -0.4 is 27.4 Å². The van der Waals surface area contributed by atoms with Gasteiger partial charge in [-0.05, 0) is 135 Å². The van der Waals surface area contributed by atoms with Gasteiger partial charge in [-0.2, -0.15) is 39.5 Å². The predicted octanol–water partition coefficient (Wildman–Crippen LogP) is 8.89. The van der Waals surface area contributed by atoms with Crippen LogP contribution in [-0.4, -0.2) is 114 Å². The van der Waals surface area contributed by atoms with Crippen molar-refractivity contribution in [2.45, 2.75) is 161 Å². The normalized spacial score (nSPS) is 24.6. The Labute approximate surface area is 435 Å². The third-order valence-electron chi connectivity index (χ3n) is 16.7. The predicted molar refractivity (Wildman–Crippen MR) is 261 cm³/mol. The average molecular weight is 1090 g/mol. The van der Waals surface area contributed by atoms with Crippen molar-refractivity contribution in [3.8, 4) is 0 Å². The van der Waals surface area contributed by atoms with Gasteiger partial charge in [0.05, 0.1) is 22.0 Å². The molecule has 2 aliphatic carbocycles. The van der Waals surface area contributed by atoms with Gasteiger partial charge in [-0.1, -0.05) is 27.7 Å². The van der Waals surface area contributed by atoms with Crippen LogP contribution in [0.4, 0.5) is 60.5 Å². The van der Waals surface area contributed by atoms with Gasteiger partial charge in [-0.3, -0.25) is 14.4 Å². The number of nitrogens with one attached hydrogen (secondary N) is 3. The summed E-state index contributed by atoms with van der Waals surface area (Å²) in [6.45, 7) is 10.1. The van der Waals surface area contributed by atoms with Crippen LogP contribution in [0.25, 0.3) is 0 Å². The van der Waals surface area contributed by atoms with Crippen LogP contribution in [-0.2, 0) is 62.1 Å². The molecule has 6 aliphatic rings. The molecule has 0 radical (unpaired) electrons. The van der Waals surface area contributed by atoms with Crippen molar-refractivity contribution in [2.75, 3.05) is 50.2 Å². The van der Waals surface area contributed by atoms with Crippen LogP contribution in [0.1, 0.15) is 125 Å². The number of carbonyl (C=O) groups is 5. The van der Waals surface area contributed by atoms with Crippen LogP contribution >= 0.6 is 0 Å². The molecule has 0 spiro atoms. The van der Waals surface area contributed by atoms with E-state index in [0.29, 0.717) is 35.7 Å². The summed E-state index contributed by atoms with van der Waals surface area (Å²) in [5.41, 5.74) is 8.46. The molecule has 8 rings (SSSR count). The van der Waals surface area contributed by atoms with E-state index in [-0.39, 0.29) is 118 Å². The van der Waals surface area contributed by atoms with Crippen LogP contribution in [0, 0.1) is 22.7 Å². The monoisotopic (exact) mass is 1090 g/mol. The molecule has 0 aromatic heterocycles. The van der Waals surface area contributed by atoms with Crippen molar-refractivity contribution >= 4 is 41.2 Å². The smallest absolute Gasteiger partial charge is 0.381 e. The summed E-state index contributed by atoms with van der Waals surface area (Å²) in [5, 5.41) is 8.30. The van der Waals surface area contributed by atoms with E-state index in [1.165, 1.54) is 4.90 Å². The summed E-state index contributed by atoms with van der Waals surface area (Å²) in [7, 11) is 0. The lowest BCUT2D eigenvalue weighted by Gasteiger charge is -2.42. The van der Waals surface area contributed by atoms with E-state index in [1.54, 1.807) is 18.7 Å². The highest BCUT2D eigenvalue weighted by molar-refractivity contribution is 5.91. The number of ether oxygens (including phenoxy) is 2. The molecule has 24 heteroatoms. The minimum absolute atomic E-state index is 0.0104. The number of fused-ring (bicyclic) bond motifs is 2. The van der Waals surface area contributed by atoms with Crippen molar-refractivity contribution in [3.63, 3.8) is 0 Å². The fourth-order valence-corrected chi connectivity index (χ4v) is 12.6. The molecule has 2 aromatic carbocycles. The number of carbonyl (C=O) groups excluding carboxylic acids is 5. The maximum absolute atomic E-state index is 14.1. The van der Waals surface area contributed by atoms with Gasteiger partial charge in [0.1, 0.15) is 0 Å². The van der Waals surface area contributed by atoms with Gasteiger partial charge < -0.3 is 51.6 Å². The first-order valence-corrected chi connectivity index (χ1v) is 26.0. The van der Waals surface area contributed by atoms with Gasteiger partial charge in [0.15, 0.2) is 0 Å². The molecule has 4 fully saturated rings. The number of rotatable bonds is 10. The van der Waals surface area contributed by atoms with E-state index < -0.39 is 70.5 Å². The van der Waals surface area contributed by atoms with Crippen LogP contribution in [0.5, 0.6) is 0 Å². The molecule has 4 aliphatic heterocycles. The number of amides is 7. The molecule has 7 amide bonds. The first-order valence-electron chi connectivity index (χ1n) is 26.0. The molecule has 7 N–H and O–H groups in total. The molecule has 0 bridgehead atoms. The number of urea groups is 2. The Morgan fingerprint density at radius 3 is 1.46 bits per heavy atom. The number of alkyl halides is 9. The summed E-state index contributed by atoms with van der Waals surface area (Å²) in [6, 6.07) is 0.957. The van der Waals surface area contributed by atoms with E-state index in [4.69, 9.17) is 20.9 Å². The Morgan fingerprint density at radius 2 is 1.04 bits per heavy atom. The number of hydrogen-bond donors (Lipinski definition) is 5. The van der Waals surface area contributed by atoms with E-state index in [9.17, 15) is 63.5 Å². The van der Waals surface area contributed by atoms with Crippen molar-refractivity contribution in [2.24, 2.45) is 34.1 Å². The molecule has 0 unspecified atom stereocenters. The maximum atomic E-state index is 14.1. The molecule has 76 heavy (non-hydrogen) atoms. The Balaban J connectivity index is 0.000000224. The number of nitrogens with zero attached hydrogens (tertiary/aromatic N) is 3. The molecule has 2 saturated heterocycles. The molecule has 2 saturated carbocycles. The fraction of sp³-hybridized carbons (Fsp3) is 0.673. The Kier molecular flexibility index (Phi) is 17.6. The molecule has 4 atom stereocenters. The van der Waals surface area contributed by atoms with Gasteiger partial charge >= 0.3 is 36.5 Å². The summed E-state index contributed by atoms with van der Waals surface area (Å²) in [6.07, 6.45) is -8.61. The van der Waals surface area contributed by atoms with E-state index in [0.717, 1.165) is 74.5 Å². The van der Waals surface area contributed by atoms with Crippen molar-refractivity contribution in [1.82, 2.24) is 20.0 Å². The van der Waals surface area contributed by atoms with E-state index >= 15 is 0 Å². The zero-order valence-electron chi connectivity index (χ0n) is 43.2. The first kappa shape index (κ1) is 58.3. The lowest BCUT2D eigenvalue weighted by molar-refractivity contribution is -0.192. The Morgan fingerprint density at radius 1 is 0.605 bits per heavy atom. The maximum Gasteiger partial charge on any atom is 0.471 e. The fourth-order valence-electron chi connectivity index (χ4n) is 12.6. The number of benzene rings is 2. The molecule has 4 heterocycles. The number of primary amides is 2. The second-order valence-electron chi connectivity index (χ2n) is 21.8. The lowest BCUT2D eigenvalue weighted by atomic mass is 9.73. The van der Waals surface area contributed by atoms with Crippen molar-refractivity contribution in [1.29, 1.82) is 0 Å². The topological polar surface area (TPSA) is 202 Å². The lowest BCUT2D eigenvalue weighted by Crippen LogP contribution is -2.54. The summed E-state index contributed by atoms with van der Waals surface area (Å²) in [4.78, 5) is 67.5. The summed E-state index contributed by atoms with van der Waals surface area (Å²) in [5.74, 6) is -2.49. The van der Waals surface area contributed by atoms with E-state index in [1.807, 2.05) is 0 Å². The van der Waals surface area contributed by atoms with Gasteiger partial charge in [-0.15, -0.1) is 0 Å². The quantitative estimate of drug-likeness (QED) is 0.145. The zero-order valence-corrected chi connectivity index (χ0v) is 43.2. The minimum Gasteiger partial charge on any atom is -0.381 e. The molecule has 2 aromatic rings. The van der Waals surface area contributed by atoms with Gasteiger partial charge in [0.25, 0.3) is 0 Å². The van der Waals surface area contributed by atoms with Crippen LogP contribution in [0.3, 0.4) is 0 Å². The highest BCUT2D eigenvalue weighted by Crippen LogP contribution is 2.51. The second kappa shape index (κ2) is 22.9. The molecule has 422 valence electrons. The third-order valence-corrected chi connectivity index (χ3v) is 16.7. The Bertz CT molecular complexity index is 2480. The SMILES string of the molecule is CC(C)[C@]1(C(=O)N2CCc3c(cc(C(F)(F)F)cc3NC(N)=O)C2)CC[C@@H](N(C(=O)C(F)(F)F)C2CCOCC2)C1.CC(C)[C@]1(C(=O)N2CCc3c(cc(C(F)(F)F)cc3NC(N)=O)C2)CC[C@@H](NC2CCOCC2)C1. The number of hydrogen-bond acceptors (Lipinski definition) is 8. The van der Waals surface area contributed by atoms with Gasteiger partial charge in [0.2, 0.25) is 11.8 Å². The van der Waals surface area contributed by atoms with Crippen molar-refractivity contribution in [3.05, 3.63) is 57.6 Å². The third kappa shape index (κ3) is 12.8. The van der Waals surface area contributed by atoms with Gasteiger partial charge in [-0.25, -0.2) is 9.59 Å². The number of halogens is 9. The highest BCUT2D eigenvalue weighted by Gasteiger charge is 2.56. The van der Waals surface area contributed by atoms with Crippen LogP contribution in [0.15, 0.2) is 24.3 Å².